The largest absolute Gasteiger partial charge is 0.490 e. The average molecular weight is 457 g/mol. The van der Waals surface area contributed by atoms with Crippen molar-refractivity contribution in [2.75, 3.05) is 26.3 Å². The number of rotatable bonds is 5. The van der Waals surface area contributed by atoms with Crippen LogP contribution < -0.4 is 0 Å². The van der Waals surface area contributed by atoms with Crippen molar-refractivity contribution in [1.82, 2.24) is 15.0 Å². The Bertz CT molecular complexity index is 928. The Labute approximate surface area is 181 Å². The van der Waals surface area contributed by atoms with Crippen LogP contribution in [-0.4, -0.2) is 70.1 Å². The van der Waals surface area contributed by atoms with E-state index in [0.29, 0.717) is 50.3 Å². The van der Waals surface area contributed by atoms with Crippen molar-refractivity contribution in [1.29, 1.82) is 0 Å². The van der Waals surface area contributed by atoms with Crippen molar-refractivity contribution in [3.8, 4) is 0 Å². The summed E-state index contributed by atoms with van der Waals surface area (Å²) in [5.74, 6) is -1.92. The number of halogens is 3. The molecule has 2 aromatic heterocycles. The van der Waals surface area contributed by atoms with Gasteiger partial charge in [0, 0.05) is 31.0 Å². The molecule has 2 aliphatic heterocycles. The Balaban J connectivity index is 0.000000360. The lowest BCUT2D eigenvalue weighted by Gasteiger charge is -2.49. The molecular weight excluding hydrogens is 435 g/mol. The highest BCUT2D eigenvalue weighted by Crippen LogP contribution is 2.40. The molecule has 1 amide bonds. The molecule has 2 aliphatic rings. The molecule has 1 atom stereocenters. The fourth-order valence-electron chi connectivity index (χ4n) is 3.54. The highest BCUT2D eigenvalue weighted by atomic mass is 19.4. The molecule has 2 fully saturated rings. The predicted molar refractivity (Wildman–Crippen MR) is 102 cm³/mol. The first-order valence-corrected chi connectivity index (χ1v) is 9.74. The molecule has 174 valence electrons. The summed E-state index contributed by atoms with van der Waals surface area (Å²) in [5.41, 5.74) is 1.19. The molecule has 1 N–H and O–H groups in total. The minimum atomic E-state index is -5.08. The highest BCUT2D eigenvalue weighted by Gasteiger charge is 2.54. The quantitative estimate of drug-likeness (QED) is 0.728. The summed E-state index contributed by atoms with van der Waals surface area (Å²) in [7, 11) is 0. The van der Waals surface area contributed by atoms with Gasteiger partial charge in [-0.1, -0.05) is 5.16 Å². The Kier molecular flexibility index (Phi) is 7.14. The van der Waals surface area contributed by atoms with E-state index in [2.05, 4.69) is 10.1 Å². The van der Waals surface area contributed by atoms with Gasteiger partial charge in [-0.15, -0.1) is 0 Å². The predicted octanol–water partition coefficient (Wildman–Crippen LogP) is 2.46. The number of carbonyl (C=O) groups is 2. The summed E-state index contributed by atoms with van der Waals surface area (Å²) in [6.45, 7) is 4.86. The van der Waals surface area contributed by atoms with Crippen LogP contribution in [0.1, 0.15) is 28.2 Å². The van der Waals surface area contributed by atoms with Gasteiger partial charge in [0.25, 0.3) is 5.91 Å². The normalized spacial score (nSPS) is 19.2. The molecule has 2 saturated heterocycles. The number of carbonyl (C=O) groups excluding carboxylic acids is 1. The number of alkyl halides is 3. The second-order valence-corrected chi connectivity index (χ2v) is 7.56. The van der Waals surface area contributed by atoms with Crippen molar-refractivity contribution in [2.45, 2.75) is 31.7 Å². The number of likely N-dealkylation sites (tertiary alicyclic amines) is 1. The van der Waals surface area contributed by atoms with Gasteiger partial charge in [-0.25, -0.2) is 4.79 Å². The molecule has 0 aromatic carbocycles. The summed E-state index contributed by atoms with van der Waals surface area (Å²) < 4.78 is 48.6. The number of pyridine rings is 1. The van der Waals surface area contributed by atoms with E-state index in [1.165, 1.54) is 0 Å². The number of aliphatic carboxylic acids is 1. The van der Waals surface area contributed by atoms with Gasteiger partial charge in [0.15, 0.2) is 5.69 Å². The third kappa shape index (κ3) is 5.62. The highest BCUT2D eigenvalue weighted by molar-refractivity contribution is 5.93. The number of ether oxygens (including phenoxy) is 2. The number of nitrogens with zero attached hydrogens (tertiary/aromatic N) is 3. The lowest BCUT2D eigenvalue weighted by Crippen LogP contribution is -2.66. The molecule has 0 saturated carbocycles. The molecule has 4 heterocycles. The fourth-order valence-corrected chi connectivity index (χ4v) is 3.54. The molecule has 1 spiro atoms. The monoisotopic (exact) mass is 457 g/mol. The number of aromatic nitrogens is 2. The lowest BCUT2D eigenvalue weighted by atomic mass is 9.81. The van der Waals surface area contributed by atoms with Crippen LogP contribution in [0.25, 0.3) is 0 Å². The van der Waals surface area contributed by atoms with Crippen molar-refractivity contribution < 1.29 is 41.9 Å². The van der Waals surface area contributed by atoms with E-state index < -0.39 is 12.1 Å². The smallest absolute Gasteiger partial charge is 0.475 e. The van der Waals surface area contributed by atoms with Gasteiger partial charge in [0.1, 0.15) is 11.4 Å². The number of aryl methyl sites for hydroxylation is 1. The van der Waals surface area contributed by atoms with Gasteiger partial charge in [-0.3, -0.25) is 9.78 Å². The Morgan fingerprint density at radius 2 is 1.97 bits per heavy atom. The topological polar surface area (TPSA) is 115 Å². The molecule has 9 nitrogen and oxygen atoms in total. The van der Waals surface area contributed by atoms with Crippen LogP contribution in [0.3, 0.4) is 0 Å². The molecule has 0 radical (unpaired) electrons. The Hall–Kier alpha value is -2.99. The SMILES string of the molecule is Cc1cc(C(=O)N2CC3(C2)OCCC3COCc2ccncc2)no1.O=C(O)C(F)(F)F. The van der Waals surface area contributed by atoms with E-state index in [9.17, 15) is 18.0 Å². The number of hydrogen-bond donors (Lipinski definition) is 1. The number of carboxylic acids is 1. The van der Waals surface area contributed by atoms with Crippen molar-refractivity contribution in [3.05, 3.63) is 47.6 Å². The van der Waals surface area contributed by atoms with Gasteiger partial charge in [-0.05, 0) is 31.0 Å². The van der Waals surface area contributed by atoms with E-state index >= 15 is 0 Å². The minimum absolute atomic E-state index is 0.102. The van der Waals surface area contributed by atoms with Crippen LogP contribution >= 0.6 is 0 Å². The molecular formula is C20H22F3N3O6. The summed E-state index contributed by atoms with van der Waals surface area (Å²) in [6, 6.07) is 5.56. The van der Waals surface area contributed by atoms with E-state index in [1.54, 1.807) is 30.3 Å². The second-order valence-electron chi connectivity index (χ2n) is 7.56. The first-order valence-electron chi connectivity index (χ1n) is 9.74. The second kappa shape index (κ2) is 9.65. The Morgan fingerprint density at radius 1 is 1.31 bits per heavy atom. The van der Waals surface area contributed by atoms with E-state index in [-0.39, 0.29) is 11.5 Å². The molecule has 2 aromatic rings. The first-order chi connectivity index (χ1) is 15.1. The molecule has 12 heteroatoms. The van der Waals surface area contributed by atoms with Crippen LogP contribution in [0.4, 0.5) is 13.2 Å². The molecule has 1 unspecified atom stereocenters. The summed E-state index contributed by atoms with van der Waals surface area (Å²) in [5, 5.41) is 10.9. The van der Waals surface area contributed by atoms with Crippen molar-refractivity contribution in [2.24, 2.45) is 5.92 Å². The van der Waals surface area contributed by atoms with Gasteiger partial charge in [0.2, 0.25) is 0 Å². The van der Waals surface area contributed by atoms with E-state index in [4.69, 9.17) is 23.9 Å². The zero-order chi connectivity index (χ0) is 23.4. The molecule has 32 heavy (non-hydrogen) atoms. The average Bonchev–Trinajstić information content (AvgIpc) is 3.33. The fraction of sp³-hybridized carbons (Fsp3) is 0.500. The van der Waals surface area contributed by atoms with Crippen LogP contribution in [0.15, 0.2) is 35.1 Å². The third-order valence-corrected chi connectivity index (χ3v) is 5.23. The number of amides is 1. The van der Waals surface area contributed by atoms with Crippen molar-refractivity contribution >= 4 is 11.9 Å². The first kappa shape index (κ1) is 23.7. The van der Waals surface area contributed by atoms with Gasteiger partial charge in [-0.2, -0.15) is 13.2 Å². The van der Waals surface area contributed by atoms with E-state index in [0.717, 1.165) is 12.0 Å². The summed E-state index contributed by atoms with van der Waals surface area (Å²) in [6.07, 6.45) is -0.596. The van der Waals surface area contributed by atoms with Crippen molar-refractivity contribution in [3.63, 3.8) is 0 Å². The standard InChI is InChI=1S/C18H21N3O4.C2HF3O2/c1-13-8-16(20-25-13)17(22)21-11-18(12-21)15(4-7-24-18)10-23-9-14-2-5-19-6-3-14;3-2(4,5)1(6)7/h2-3,5-6,8,15H,4,7,9-12H2,1H3;(H,6,7). The zero-order valence-electron chi connectivity index (χ0n) is 17.2. The summed E-state index contributed by atoms with van der Waals surface area (Å²) in [4.78, 5) is 27.1. The minimum Gasteiger partial charge on any atom is -0.475 e. The molecule has 0 bridgehead atoms. The van der Waals surface area contributed by atoms with E-state index in [1.807, 2.05) is 12.1 Å². The Morgan fingerprint density at radius 3 is 2.53 bits per heavy atom. The van der Waals surface area contributed by atoms with Gasteiger partial charge in [0.05, 0.1) is 26.3 Å². The van der Waals surface area contributed by atoms with Crippen LogP contribution in [0.2, 0.25) is 0 Å². The summed E-state index contributed by atoms with van der Waals surface area (Å²) >= 11 is 0. The lowest BCUT2D eigenvalue weighted by molar-refractivity contribution is -0.192. The number of hydrogen-bond acceptors (Lipinski definition) is 7. The maximum Gasteiger partial charge on any atom is 0.490 e. The zero-order valence-corrected chi connectivity index (χ0v) is 17.2. The maximum atomic E-state index is 12.4. The third-order valence-electron chi connectivity index (χ3n) is 5.23. The van der Waals surface area contributed by atoms with Gasteiger partial charge < -0.3 is 24.0 Å². The van der Waals surface area contributed by atoms with Crippen LogP contribution in [-0.2, 0) is 20.9 Å². The van der Waals surface area contributed by atoms with Crippen LogP contribution in [0.5, 0.6) is 0 Å². The van der Waals surface area contributed by atoms with Crippen LogP contribution in [0, 0.1) is 12.8 Å². The number of carboxylic acid groups (broad SMARTS) is 1. The molecule has 4 rings (SSSR count). The maximum absolute atomic E-state index is 12.4. The molecule has 0 aliphatic carbocycles. The van der Waals surface area contributed by atoms with Gasteiger partial charge >= 0.3 is 12.1 Å².